The van der Waals surface area contributed by atoms with Gasteiger partial charge < -0.3 is 224 Å². The SMILES string of the molecule is CC(=O)NC1C(O)[C@H](O[C@@H]2OC(CO)[C@H](O)[C@H](O)C2O)C(CO)O[C@H]1OC1[C@@H](OCC2O[C@@H](O[C@@H]3C(CO)O[C@@H](O[C@@H]4C(CO)O[C@@H](CC(=O)CBr)C(NC(C)=O)[C@H]4O)C(NC(C)=O)[C@H]3O)C(O)[C@@H](O[C@H]3O[C@@H](CO)C(O)C(O)C3O[C@@H]3OC(CO)[C@@H](O[C@@H]4OC(CO)[C@H](O)[C@H](O)C4O)[C@H](O)C3NC(C)=O)[C@@H]2O)OC(CO)[C@@H](O)[C@@H]1O. The number of ether oxygens (including phenoxy) is 17. The number of aliphatic hydroxyl groups is 24. The van der Waals surface area contributed by atoms with Crippen molar-refractivity contribution in [1.82, 2.24) is 21.3 Å². The summed E-state index contributed by atoms with van der Waals surface area (Å²) in [6.07, 6.45) is -84.9. The van der Waals surface area contributed by atoms with Gasteiger partial charge in [-0.1, -0.05) is 15.9 Å². The van der Waals surface area contributed by atoms with Crippen LogP contribution in [0.1, 0.15) is 34.1 Å². The predicted octanol–water partition coefficient (Wildman–Crippen LogP) is -18.6. The van der Waals surface area contributed by atoms with Crippen LogP contribution < -0.4 is 21.3 Å². The zero-order valence-corrected chi connectivity index (χ0v) is 63.9. The molecule has 51 heteroatoms. The van der Waals surface area contributed by atoms with Crippen LogP contribution in [0.4, 0.5) is 0 Å². The van der Waals surface area contributed by atoms with Crippen molar-refractivity contribution in [3.05, 3.63) is 0 Å². The summed E-state index contributed by atoms with van der Waals surface area (Å²) in [4.78, 5) is 64.1. The monoisotopic (exact) mass is 1760 g/mol. The molecule has 0 aromatic rings. The highest BCUT2D eigenvalue weighted by Gasteiger charge is 2.61. The second-order valence-electron chi connectivity index (χ2n) is 29.2. The molecule has 0 aliphatic carbocycles. The van der Waals surface area contributed by atoms with E-state index in [-0.39, 0.29) is 5.33 Å². The summed E-state index contributed by atoms with van der Waals surface area (Å²) in [5.74, 6) is -4.02. The van der Waals surface area contributed by atoms with E-state index in [0.717, 1.165) is 27.7 Å². The fourth-order valence-corrected chi connectivity index (χ4v) is 15.3. The smallest absolute Gasteiger partial charge is 0.217 e. The number of hydrogen-bond donors (Lipinski definition) is 28. The molecule has 45 atom stereocenters. The van der Waals surface area contributed by atoms with Gasteiger partial charge in [-0.25, -0.2) is 0 Å². The molecule has 20 unspecified atom stereocenters. The van der Waals surface area contributed by atoms with Gasteiger partial charge in [0, 0.05) is 34.1 Å². The number of ketones is 1. The van der Waals surface area contributed by atoms with E-state index in [1.54, 1.807) is 0 Å². The fraction of sp³-hybridized carbons (Fsp3) is 0.923. The van der Waals surface area contributed by atoms with Crippen LogP contribution in [0, 0.1) is 0 Å². The van der Waals surface area contributed by atoms with Gasteiger partial charge in [0.05, 0.1) is 76.9 Å². The lowest BCUT2D eigenvalue weighted by Crippen LogP contribution is -2.71. The van der Waals surface area contributed by atoms with Crippen LogP contribution in [0.3, 0.4) is 0 Å². The standard InChI is InChI=1S/C65H107BrN4O46/c1-16(79)67-31-21(5-20(83)6-66)101-26(11-75)51(40(31)89)110-58-32(68-17(2)80)41(90)54(29(14-78)106-58)113-63-50(99)55(114-65-57(47(96)38(87)25(10-74)105-65)116-60-34(70-19(4)82)43(92)53(28(13-77)108-60)112-62-49(98)45(94)36(85)23(8-72)103-62)39(88)30(109-63)15-100-64-56(46(95)37(86)24(9-73)104-64)115-59-33(69-18(3)81)42(91)52(27(12-76)107-59)111-61-48(97)44(93)35(84)22(7-71)102-61/h21-65,71-78,84-99H,5-15H2,1-4H3,(H,67,79)(H,68,80)(H,69,81)(H,70,82)/t21-,22?,23?,24?,25-,26?,27?,28?,29?,30?,31?,32?,33?,34?,35-,36-,37+,38?,39+,40+,41+,42?,43+,44-,45-,46-,47?,48?,49?,50?,51+,52+,53+,54+,55-,56?,57?,58-,59-,60-,61-,62-,63-,64-,65+/m0/s1. The van der Waals surface area contributed by atoms with E-state index < -0.39 is 371 Å². The maximum Gasteiger partial charge on any atom is 0.217 e. The highest BCUT2D eigenvalue weighted by atomic mass is 79.9. The molecule has 0 aromatic heterocycles. The molecule has 116 heavy (non-hydrogen) atoms. The van der Waals surface area contributed by atoms with Crippen LogP contribution in [0.25, 0.3) is 0 Å². The van der Waals surface area contributed by atoms with Crippen molar-refractivity contribution in [2.45, 2.75) is 310 Å². The minimum absolute atomic E-state index is 0.188. The van der Waals surface area contributed by atoms with Crippen molar-refractivity contribution in [3.63, 3.8) is 0 Å². The highest BCUT2D eigenvalue weighted by molar-refractivity contribution is 9.09. The minimum atomic E-state index is -2.58. The Morgan fingerprint density at radius 1 is 0.259 bits per heavy atom. The third kappa shape index (κ3) is 21.6. The van der Waals surface area contributed by atoms with Gasteiger partial charge >= 0.3 is 0 Å². The van der Waals surface area contributed by atoms with Crippen LogP contribution in [0.2, 0.25) is 0 Å². The Labute approximate surface area is 666 Å². The molecule has 9 rings (SSSR count). The van der Waals surface area contributed by atoms with Gasteiger partial charge in [0.1, 0.15) is 219 Å². The number of nitrogens with one attached hydrogen (secondary N) is 4. The molecule has 9 heterocycles. The number of Topliss-reactive ketones (excluding diaryl/α,β-unsaturated/α-hetero) is 1. The zero-order valence-electron chi connectivity index (χ0n) is 62.4. The Bertz CT molecular complexity index is 3120. The maximum atomic E-state index is 13.1. The first-order valence-electron chi connectivity index (χ1n) is 37.0. The summed E-state index contributed by atoms with van der Waals surface area (Å²) >= 11 is 3.04. The third-order valence-electron chi connectivity index (χ3n) is 21.1. The Kier molecular flexibility index (Phi) is 35.4. The van der Waals surface area contributed by atoms with E-state index in [0.29, 0.717) is 0 Å². The van der Waals surface area contributed by atoms with Gasteiger partial charge in [-0.05, 0) is 0 Å². The van der Waals surface area contributed by atoms with Crippen LogP contribution in [-0.2, 0) is 104 Å². The van der Waals surface area contributed by atoms with E-state index in [1.165, 1.54) is 0 Å². The van der Waals surface area contributed by atoms with Crippen LogP contribution >= 0.6 is 15.9 Å². The Hall–Kier alpha value is -3.61. The summed E-state index contributed by atoms with van der Waals surface area (Å²) in [6, 6.07) is -7.23. The molecular weight excluding hydrogens is 1650 g/mol. The molecule has 0 saturated carbocycles. The zero-order chi connectivity index (χ0) is 85.5. The summed E-state index contributed by atoms with van der Waals surface area (Å²) in [7, 11) is 0. The average Bonchev–Trinajstić information content (AvgIpc) is 0.768. The number of rotatable bonds is 32. The largest absolute Gasteiger partial charge is 0.394 e. The van der Waals surface area contributed by atoms with Crippen LogP contribution in [0.15, 0.2) is 0 Å². The predicted molar refractivity (Wildman–Crippen MR) is 365 cm³/mol. The molecule has 0 aromatic carbocycles. The summed E-state index contributed by atoms with van der Waals surface area (Å²) < 4.78 is 102. The molecule has 50 nitrogen and oxygen atoms in total. The van der Waals surface area contributed by atoms with Crippen molar-refractivity contribution < 1.29 is 227 Å². The number of carbonyl (C=O) groups excluding carboxylic acids is 5. The fourth-order valence-electron chi connectivity index (χ4n) is 15.0. The first-order valence-corrected chi connectivity index (χ1v) is 38.1. The molecule has 28 N–H and O–H groups in total. The first kappa shape index (κ1) is 96.2. The van der Waals surface area contributed by atoms with Gasteiger partial charge in [-0.15, -0.1) is 0 Å². The molecule has 670 valence electrons. The van der Waals surface area contributed by atoms with Crippen molar-refractivity contribution >= 4 is 45.3 Å². The molecule has 9 aliphatic rings. The van der Waals surface area contributed by atoms with E-state index in [1.807, 2.05) is 0 Å². The molecule has 0 radical (unpaired) electrons. The molecular formula is C65H107BrN4O46. The van der Waals surface area contributed by atoms with Crippen molar-refractivity contribution in [3.8, 4) is 0 Å². The molecule has 0 bridgehead atoms. The topological polar surface area (TPSA) is 776 Å². The Morgan fingerprint density at radius 3 is 0.879 bits per heavy atom. The second kappa shape index (κ2) is 42.7. The van der Waals surface area contributed by atoms with Crippen molar-refractivity contribution in [2.75, 3.05) is 64.8 Å². The van der Waals surface area contributed by atoms with Crippen molar-refractivity contribution in [2.24, 2.45) is 0 Å². The lowest BCUT2D eigenvalue weighted by atomic mass is 9.89. The van der Waals surface area contributed by atoms with Crippen LogP contribution in [-0.4, -0.2) is 493 Å². The Morgan fingerprint density at radius 2 is 0.526 bits per heavy atom. The van der Waals surface area contributed by atoms with E-state index >= 15 is 0 Å². The lowest BCUT2D eigenvalue weighted by Gasteiger charge is -2.51. The third-order valence-corrected chi connectivity index (χ3v) is 21.7. The Balaban J connectivity index is 1.06. The molecule has 9 aliphatic heterocycles. The number of alkyl halides is 1. The average molecular weight is 1760 g/mol. The quantitative estimate of drug-likeness (QED) is 0.0278. The number of hydrogen-bond acceptors (Lipinski definition) is 46. The molecule has 9 fully saturated rings. The van der Waals surface area contributed by atoms with Crippen molar-refractivity contribution in [1.29, 1.82) is 0 Å². The maximum absolute atomic E-state index is 13.1. The first-order chi connectivity index (χ1) is 54.9. The highest BCUT2D eigenvalue weighted by Crippen LogP contribution is 2.40. The molecule has 9 saturated heterocycles. The van der Waals surface area contributed by atoms with Gasteiger partial charge in [0.25, 0.3) is 0 Å². The minimum Gasteiger partial charge on any atom is -0.394 e. The second-order valence-corrected chi connectivity index (χ2v) is 29.7. The summed E-state index contributed by atoms with van der Waals surface area (Å²) in [5.41, 5.74) is 0. The molecule has 0 spiro atoms. The van der Waals surface area contributed by atoms with Gasteiger partial charge in [-0.2, -0.15) is 0 Å². The summed E-state index contributed by atoms with van der Waals surface area (Å²) in [5, 5.41) is 277. The van der Waals surface area contributed by atoms with Gasteiger partial charge in [0.15, 0.2) is 50.3 Å². The van der Waals surface area contributed by atoms with E-state index in [9.17, 15) is 147 Å². The number of aliphatic hydroxyl groups excluding tert-OH is 24. The van der Waals surface area contributed by atoms with Gasteiger partial charge in [0.2, 0.25) is 23.6 Å². The van der Waals surface area contributed by atoms with E-state index in [4.69, 9.17) is 80.5 Å². The molecule has 4 amide bonds. The normalized spacial score (nSPS) is 47.6. The van der Waals surface area contributed by atoms with Gasteiger partial charge in [-0.3, -0.25) is 24.0 Å². The van der Waals surface area contributed by atoms with E-state index in [2.05, 4.69) is 37.2 Å². The lowest BCUT2D eigenvalue weighted by molar-refractivity contribution is -0.398. The number of carbonyl (C=O) groups is 5. The summed E-state index contributed by atoms with van der Waals surface area (Å²) in [6.45, 7) is -5.92. The number of halogens is 1. The number of amides is 4. The van der Waals surface area contributed by atoms with Crippen LogP contribution in [0.5, 0.6) is 0 Å².